The Morgan fingerprint density at radius 2 is 1.75 bits per heavy atom. The Labute approximate surface area is 149 Å². The number of carbonyl (C=O) groups excluding carboxylic acids is 2. The molecule has 0 saturated heterocycles. The molecule has 0 aliphatic rings. The first-order valence-electron chi connectivity index (χ1n) is 7.50. The number of hydrazine groups is 1. The Hall–Kier alpha value is -2.34. The Kier molecular flexibility index (Phi) is 5.98. The number of rotatable bonds is 4. The number of ether oxygens (including phenoxy) is 1. The van der Waals surface area contributed by atoms with Crippen LogP contribution in [-0.2, 0) is 0 Å². The van der Waals surface area contributed by atoms with Crippen molar-refractivity contribution in [3.8, 4) is 5.75 Å². The van der Waals surface area contributed by atoms with Crippen molar-refractivity contribution in [2.24, 2.45) is 0 Å². The predicted octanol–water partition coefficient (Wildman–Crippen LogP) is 3.62. The molecule has 0 atom stereocenters. The highest BCUT2D eigenvalue weighted by atomic mass is 79.9. The van der Waals surface area contributed by atoms with Gasteiger partial charge in [-0.1, -0.05) is 33.6 Å². The Morgan fingerprint density at radius 3 is 2.42 bits per heavy atom. The molecule has 0 fully saturated rings. The maximum absolute atomic E-state index is 12.4. The van der Waals surface area contributed by atoms with Crippen LogP contribution in [0.15, 0.2) is 46.9 Å². The lowest BCUT2D eigenvalue weighted by atomic mass is 10.1. The number of hydrogen-bond donors (Lipinski definition) is 2. The van der Waals surface area contributed by atoms with Crippen molar-refractivity contribution in [3.05, 3.63) is 63.6 Å². The van der Waals surface area contributed by atoms with E-state index in [1.54, 1.807) is 36.4 Å². The average Bonchev–Trinajstić information content (AvgIpc) is 2.53. The van der Waals surface area contributed by atoms with Crippen LogP contribution in [-0.4, -0.2) is 17.9 Å². The molecule has 2 aromatic carbocycles. The van der Waals surface area contributed by atoms with Crippen LogP contribution in [0.1, 0.15) is 40.1 Å². The van der Waals surface area contributed by atoms with Gasteiger partial charge in [0.05, 0.1) is 11.7 Å². The molecule has 0 aliphatic heterocycles. The zero-order valence-electron chi connectivity index (χ0n) is 13.7. The third-order valence-corrected chi connectivity index (χ3v) is 3.61. The van der Waals surface area contributed by atoms with E-state index in [1.807, 2.05) is 26.8 Å². The van der Waals surface area contributed by atoms with Crippen LogP contribution in [0, 0.1) is 6.92 Å². The quantitative estimate of drug-likeness (QED) is 0.783. The number of nitrogens with one attached hydrogen (secondary N) is 2. The summed E-state index contributed by atoms with van der Waals surface area (Å²) < 4.78 is 6.38. The smallest absolute Gasteiger partial charge is 0.273 e. The zero-order chi connectivity index (χ0) is 17.7. The molecule has 0 radical (unpaired) electrons. The summed E-state index contributed by atoms with van der Waals surface area (Å²) in [6.07, 6.45) is -0.0698. The summed E-state index contributed by atoms with van der Waals surface area (Å²) in [5, 5.41) is 0. The van der Waals surface area contributed by atoms with E-state index in [0.29, 0.717) is 16.9 Å². The van der Waals surface area contributed by atoms with Gasteiger partial charge in [-0.3, -0.25) is 20.4 Å². The molecule has 6 heteroatoms. The first kappa shape index (κ1) is 18.0. The molecule has 0 saturated carbocycles. The van der Waals surface area contributed by atoms with Gasteiger partial charge in [0.1, 0.15) is 5.75 Å². The van der Waals surface area contributed by atoms with Gasteiger partial charge in [-0.15, -0.1) is 0 Å². The summed E-state index contributed by atoms with van der Waals surface area (Å²) in [6, 6.07) is 12.3. The number of halogens is 1. The van der Waals surface area contributed by atoms with E-state index in [4.69, 9.17) is 4.74 Å². The van der Waals surface area contributed by atoms with E-state index >= 15 is 0 Å². The summed E-state index contributed by atoms with van der Waals surface area (Å²) in [5.41, 5.74) is 6.61. The summed E-state index contributed by atoms with van der Waals surface area (Å²) in [5.74, 6) is -0.378. The fourth-order valence-electron chi connectivity index (χ4n) is 2.08. The second kappa shape index (κ2) is 7.97. The van der Waals surface area contributed by atoms with Crippen LogP contribution in [0.2, 0.25) is 0 Å². The van der Waals surface area contributed by atoms with E-state index in [9.17, 15) is 9.59 Å². The molecule has 0 heterocycles. The van der Waals surface area contributed by atoms with Crippen LogP contribution in [0.25, 0.3) is 0 Å². The van der Waals surface area contributed by atoms with Gasteiger partial charge >= 0.3 is 0 Å². The Morgan fingerprint density at radius 1 is 1.04 bits per heavy atom. The maximum Gasteiger partial charge on any atom is 0.273 e. The minimum Gasteiger partial charge on any atom is -0.490 e. The van der Waals surface area contributed by atoms with Gasteiger partial charge in [-0.05, 0) is 51.1 Å². The van der Waals surface area contributed by atoms with Crippen LogP contribution in [0.5, 0.6) is 5.75 Å². The SMILES string of the molecule is Cc1cccc(C(=O)NNC(=O)c2cc(Br)ccc2OC(C)C)c1. The first-order chi connectivity index (χ1) is 11.4. The lowest BCUT2D eigenvalue weighted by Crippen LogP contribution is -2.41. The molecular formula is C18H19BrN2O3. The van der Waals surface area contributed by atoms with Gasteiger partial charge < -0.3 is 4.74 Å². The topological polar surface area (TPSA) is 67.4 Å². The summed E-state index contributed by atoms with van der Waals surface area (Å²) in [4.78, 5) is 24.5. The van der Waals surface area contributed by atoms with Gasteiger partial charge in [0.2, 0.25) is 0 Å². The van der Waals surface area contributed by atoms with E-state index in [1.165, 1.54) is 0 Å². The third kappa shape index (κ3) is 4.83. The maximum atomic E-state index is 12.4. The van der Waals surface area contributed by atoms with Crippen LogP contribution in [0.3, 0.4) is 0 Å². The highest BCUT2D eigenvalue weighted by molar-refractivity contribution is 9.10. The number of aryl methyl sites for hydroxylation is 1. The van der Waals surface area contributed by atoms with Crippen molar-refractivity contribution in [2.45, 2.75) is 26.9 Å². The third-order valence-electron chi connectivity index (χ3n) is 3.12. The van der Waals surface area contributed by atoms with E-state index in [0.717, 1.165) is 10.0 Å². The van der Waals surface area contributed by atoms with Crippen molar-refractivity contribution < 1.29 is 14.3 Å². The molecule has 2 rings (SSSR count). The fraction of sp³-hybridized carbons (Fsp3) is 0.222. The molecular weight excluding hydrogens is 372 g/mol. The van der Waals surface area contributed by atoms with Gasteiger partial charge in [0.25, 0.3) is 11.8 Å². The van der Waals surface area contributed by atoms with Crippen LogP contribution in [0.4, 0.5) is 0 Å². The largest absolute Gasteiger partial charge is 0.490 e. The van der Waals surface area contributed by atoms with E-state index < -0.39 is 5.91 Å². The molecule has 0 aromatic heterocycles. The first-order valence-corrected chi connectivity index (χ1v) is 8.29. The zero-order valence-corrected chi connectivity index (χ0v) is 15.3. The van der Waals surface area contributed by atoms with Gasteiger partial charge in [0, 0.05) is 10.0 Å². The molecule has 0 spiro atoms. The van der Waals surface area contributed by atoms with Crippen LogP contribution < -0.4 is 15.6 Å². The molecule has 126 valence electrons. The van der Waals surface area contributed by atoms with Crippen molar-refractivity contribution in [3.63, 3.8) is 0 Å². The van der Waals surface area contributed by atoms with Crippen molar-refractivity contribution >= 4 is 27.7 Å². The molecule has 0 aliphatic carbocycles. The number of amides is 2. The number of benzene rings is 2. The van der Waals surface area contributed by atoms with Gasteiger partial charge in [0.15, 0.2) is 0 Å². The summed E-state index contributed by atoms with van der Waals surface area (Å²) >= 11 is 3.33. The molecule has 0 bridgehead atoms. The number of carbonyl (C=O) groups is 2. The molecule has 2 amide bonds. The fourth-order valence-corrected chi connectivity index (χ4v) is 2.44. The predicted molar refractivity (Wildman–Crippen MR) is 96.0 cm³/mol. The second-order valence-corrected chi connectivity index (χ2v) is 6.50. The van der Waals surface area contributed by atoms with Crippen molar-refractivity contribution in [2.75, 3.05) is 0 Å². The standard InChI is InChI=1S/C18H19BrN2O3/c1-11(2)24-16-8-7-14(19)10-15(16)18(23)21-20-17(22)13-6-4-5-12(3)9-13/h4-11H,1-3H3,(H,20,22)(H,21,23). The minimum absolute atomic E-state index is 0.0698. The van der Waals surface area contributed by atoms with Crippen molar-refractivity contribution in [1.82, 2.24) is 10.9 Å². The minimum atomic E-state index is -0.451. The Balaban J connectivity index is 2.09. The van der Waals surface area contributed by atoms with Gasteiger partial charge in [-0.2, -0.15) is 0 Å². The van der Waals surface area contributed by atoms with Gasteiger partial charge in [-0.25, -0.2) is 0 Å². The molecule has 0 unspecified atom stereocenters. The highest BCUT2D eigenvalue weighted by Gasteiger charge is 2.15. The lowest BCUT2D eigenvalue weighted by Gasteiger charge is -2.15. The second-order valence-electron chi connectivity index (χ2n) is 5.58. The Bertz CT molecular complexity index is 760. The average molecular weight is 391 g/mol. The van der Waals surface area contributed by atoms with E-state index in [2.05, 4.69) is 26.8 Å². The normalized spacial score (nSPS) is 10.4. The highest BCUT2D eigenvalue weighted by Crippen LogP contribution is 2.24. The summed E-state index contributed by atoms with van der Waals surface area (Å²) in [6.45, 7) is 5.65. The van der Waals surface area contributed by atoms with Crippen LogP contribution >= 0.6 is 15.9 Å². The lowest BCUT2D eigenvalue weighted by molar-refractivity contribution is 0.0843. The molecule has 2 N–H and O–H groups in total. The van der Waals surface area contributed by atoms with E-state index in [-0.39, 0.29) is 12.0 Å². The summed E-state index contributed by atoms with van der Waals surface area (Å²) in [7, 11) is 0. The monoisotopic (exact) mass is 390 g/mol. The molecule has 5 nitrogen and oxygen atoms in total. The molecule has 2 aromatic rings. The number of hydrogen-bond acceptors (Lipinski definition) is 3. The molecule has 24 heavy (non-hydrogen) atoms. The van der Waals surface area contributed by atoms with Crippen molar-refractivity contribution in [1.29, 1.82) is 0 Å².